The van der Waals surface area contributed by atoms with Gasteiger partial charge in [-0.1, -0.05) is 12.1 Å². The number of benzene rings is 1. The summed E-state index contributed by atoms with van der Waals surface area (Å²) in [5, 5.41) is 3.14. The second-order valence-corrected chi connectivity index (χ2v) is 4.74. The van der Waals surface area contributed by atoms with Gasteiger partial charge in [-0.3, -0.25) is 4.79 Å². The van der Waals surface area contributed by atoms with Gasteiger partial charge in [-0.15, -0.1) is 0 Å². The monoisotopic (exact) mass is 299 g/mol. The Kier molecular flexibility index (Phi) is 4.73. The second-order valence-electron chi connectivity index (χ2n) is 4.74. The molecule has 6 nitrogen and oxygen atoms in total. The number of carbonyl (C=O) groups is 2. The van der Waals surface area contributed by atoms with E-state index in [1.165, 1.54) is 7.11 Å². The average Bonchev–Trinajstić information content (AvgIpc) is 2.52. The van der Waals surface area contributed by atoms with Crippen molar-refractivity contribution < 1.29 is 14.3 Å². The highest BCUT2D eigenvalue weighted by Crippen LogP contribution is 2.13. The van der Waals surface area contributed by atoms with E-state index >= 15 is 0 Å². The second kappa shape index (κ2) is 6.71. The van der Waals surface area contributed by atoms with Gasteiger partial charge in [-0.2, -0.15) is 0 Å². The van der Waals surface area contributed by atoms with Crippen LogP contribution in [-0.4, -0.2) is 24.0 Å². The van der Waals surface area contributed by atoms with E-state index in [1.807, 2.05) is 6.07 Å². The average molecular weight is 299 g/mol. The summed E-state index contributed by atoms with van der Waals surface area (Å²) >= 11 is 0. The van der Waals surface area contributed by atoms with Crippen molar-refractivity contribution in [1.82, 2.24) is 4.98 Å². The minimum Gasteiger partial charge on any atom is -0.465 e. The van der Waals surface area contributed by atoms with Crippen molar-refractivity contribution in [3.05, 3.63) is 58.8 Å². The quantitative estimate of drug-likeness (QED) is 0.822. The number of esters is 1. The maximum absolute atomic E-state index is 11.5. The van der Waals surface area contributed by atoms with Crippen LogP contribution in [0.2, 0.25) is 0 Å². The van der Waals surface area contributed by atoms with E-state index in [9.17, 15) is 9.59 Å². The summed E-state index contributed by atoms with van der Waals surface area (Å²) in [6.45, 7) is 2.23. The fourth-order valence-electron chi connectivity index (χ4n) is 2.01. The molecule has 0 atom stereocenters. The number of primary amides is 1. The molecule has 1 heterocycles. The first-order chi connectivity index (χ1) is 10.5. The summed E-state index contributed by atoms with van der Waals surface area (Å²) in [5.41, 5.74) is 7.64. The SMILES string of the molecule is COC(=O)c1ccc(NCc2cccc(C(N)=O)c2)nc1C. The van der Waals surface area contributed by atoms with E-state index < -0.39 is 11.9 Å². The molecule has 0 aliphatic rings. The zero-order valence-electron chi connectivity index (χ0n) is 12.4. The number of anilines is 1. The van der Waals surface area contributed by atoms with Crippen LogP contribution >= 0.6 is 0 Å². The van der Waals surface area contributed by atoms with Crippen molar-refractivity contribution in [1.29, 1.82) is 0 Å². The molecule has 0 spiro atoms. The van der Waals surface area contributed by atoms with Gasteiger partial charge in [0.05, 0.1) is 18.4 Å². The Morgan fingerprint density at radius 2 is 2.05 bits per heavy atom. The van der Waals surface area contributed by atoms with Crippen molar-refractivity contribution in [2.24, 2.45) is 5.73 Å². The minimum absolute atomic E-state index is 0.411. The van der Waals surface area contributed by atoms with Gasteiger partial charge in [-0.25, -0.2) is 9.78 Å². The number of nitrogens with one attached hydrogen (secondary N) is 1. The lowest BCUT2D eigenvalue weighted by atomic mass is 10.1. The summed E-state index contributed by atoms with van der Waals surface area (Å²) in [4.78, 5) is 27.0. The third-order valence-electron chi connectivity index (χ3n) is 3.18. The van der Waals surface area contributed by atoms with E-state index in [-0.39, 0.29) is 0 Å². The predicted molar refractivity (Wildman–Crippen MR) is 82.6 cm³/mol. The molecule has 0 saturated carbocycles. The number of hydrogen-bond donors (Lipinski definition) is 2. The number of methoxy groups -OCH3 is 1. The number of pyridine rings is 1. The van der Waals surface area contributed by atoms with Crippen molar-refractivity contribution in [2.75, 3.05) is 12.4 Å². The van der Waals surface area contributed by atoms with Gasteiger partial charge >= 0.3 is 5.97 Å². The van der Waals surface area contributed by atoms with Crippen LogP contribution in [0.15, 0.2) is 36.4 Å². The molecule has 0 bridgehead atoms. The number of rotatable bonds is 5. The first kappa shape index (κ1) is 15.5. The molecule has 114 valence electrons. The third kappa shape index (κ3) is 3.60. The Hall–Kier alpha value is -2.89. The minimum atomic E-state index is -0.460. The molecule has 3 N–H and O–H groups in total. The summed E-state index contributed by atoms with van der Waals surface area (Å²) in [5.74, 6) is -0.237. The van der Waals surface area contributed by atoms with E-state index in [1.54, 1.807) is 37.3 Å². The molecule has 0 aliphatic heterocycles. The smallest absolute Gasteiger partial charge is 0.339 e. The Labute approximate surface area is 128 Å². The lowest BCUT2D eigenvalue weighted by molar-refractivity contribution is 0.0599. The Morgan fingerprint density at radius 3 is 2.68 bits per heavy atom. The van der Waals surface area contributed by atoms with Gasteiger partial charge in [0.25, 0.3) is 0 Å². The van der Waals surface area contributed by atoms with Gasteiger partial charge < -0.3 is 15.8 Å². The molecule has 1 aromatic carbocycles. The van der Waals surface area contributed by atoms with Crippen LogP contribution in [0, 0.1) is 6.92 Å². The van der Waals surface area contributed by atoms with Gasteiger partial charge in [0.15, 0.2) is 0 Å². The van der Waals surface area contributed by atoms with Crippen molar-refractivity contribution >= 4 is 17.7 Å². The molecular weight excluding hydrogens is 282 g/mol. The van der Waals surface area contributed by atoms with Crippen molar-refractivity contribution in [3.63, 3.8) is 0 Å². The largest absolute Gasteiger partial charge is 0.465 e. The normalized spacial score (nSPS) is 10.1. The van der Waals surface area contributed by atoms with Crippen LogP contribution in [-0.2, 0) is 11.3 Å². The highest BCUT2D eigenvalue weighted by Gasteiger charge is 2.10. The lowest BCUT2D eigenvalue weighted by Gasteiger charge is -2.09. The predicted octanol–water partition coefficient (Wildman–Crippen LogP) is 1.89. The van der Waals surface area contributed by atoms with E-state index in [2.05, 4.69) is 15.0 Å². The molecular formula is C16H17N3O3. The Balaban J connectivity index is 2.09. The van der Waals surface area contributed by atoms with Crippen LogP contribution < -0.4 is 11.1 Å². The molecule has 1 aromatic heterocycles. The van der Waals surface area contributed by atoms with Crippen LogP contribution in [0.4, 0.5) is 5.82 Å². The van der Waals surface area contributed by atoms with E-state index in [0.717, 1.165) is 5.56 Å². The van der Waals surface area contributed by atoms with Gasteiger partial charge in [-0.05, 0) is 36.8 Å². The summed E-state index contributed by atoms with van der Waals surface area (Å²) in [6.07, 6.45) is 0. The first-order valence-electron chi connectivity index (χ1n) is 6.70. The highest BCUT2D eigenvalue weighted by molar-refractivity contribution is 5.93. The number of carbonyl (C=O) groups excluding carboxylic acids is 2. The Bertz CT molecular complexity index is 714. The standard InChI is InChI=1S/C16H17N3O3/c1-10-13(16(21)22-2)6-7-14(19-10)18-9-11-4-3-5-12(8-11)15(17)20/h3-8H,9H2,1-2H3,(H2,17,20)(H,18,19). The molecule has 0 radical (unpaired) electrons. The molecule has 2 rings (SSSR count). The molecule has 0 unspecified atom stereocenters. The summed E-state index contributed by atoms with van der Waals surface area (Å²) in [6, 6.07) is 10.4. The maximum Gasteiger partial charge on any atom is 0.339 e. The van der Waals surface area contributed by atoms with Crippen LogP contribution in [0.5, 0.6) is 0 Å². The zero-order chi connectivity index (χ0) is 16.1. The van der Waals surface area contributed by atoms with E-state index in [4.69, 9.17) is 5.73 Å². The topological polar surface area (TPSA) is 94.3 Å². The number of hydrogen-bond acceptors (Lipinski definition) is 5. The number of nitrogens with two attached hydrogens (primary N) is 1. The zero-order valence-corrected chi connectivity index (χ0v) is 12.4. The third-order valence-corrected chi connectivity index (χ3v) is 3.18. The molecule has 2 aromatic rings. The molecule has 0 aliphatic carbocycles. The van der Waals surface area contributed by atoms with Crippen LogP contribution in [0.1, 0.15) is 32.0 Å². The molecule has 0 fully saturated rings. The molecule has 0 saturated heterocycles. The molecule has 6 heteroatoms. The number of amides is 1. The van der Waals surface area contributed by atoms with E-state index in [0.29, 0.717) is 29.2 Å². The fourth-order valence-corrected chi connectivity index (χ4v) is 2.01. The van der Waals surface area contributed by atoms with Crippen LogP contribution in [0.3, 0.4) is 0 Å². The number of ether oxygens (including phenoxy) is 1. The highest BCUT2D eigenvalue weighted by atomic mass is 16.5. The number of aromatic nitrogens is 1. The summed E-state index contributed by atoms with van der Waals surface area (Å²) < 4.78 is 4.68. The lowest BCUT2D eigenvalue weighted by Crippen LogP contribution is -2.12. The first-order valence-corrected chi connectivity index (χ1v) is 6.70. The molecule has 22 heavy (non-hydrogen) atoms. The fraction of sp³-hybridized carbons (Fsp3) is 0.188. The van der Waals surface area contributed by atoms with Crippen LogP contribution in [0.25, 0.3) is 0 Å². The Morgan fingerprint density at radius 1 is 1.27 bits per heavy atom. The maximum atomic E-state index is 11.5. The molecule has 1 amide bonds. The van der Waals surface area contributed by atoms with Crippen molar-refractivity contribution in [3.8, 4) is 0 Å². The van der Waals surface area contributed by atoms with Crippen molar-refractivity contribution in [2.45, 2.75) is 13.5 Å². The van der Waals surface area contributed by atoms with Gasteiger partial charge in [0.2, 0.25) is 5.91 Å². The van der Waals surface area contributed by atoms with Gasteiger partial charge in [0, 0.05) is 12.1 Å². The number of nitrogens with zero attached hydrogens (tertiary/aromatic N) is 1. The van der Waals surface area contributed by atoms with Gasteiger partial charge in [0.1, 0.15) is 5.82 Å². The number of aryl methyl sites for hydroxylation is 1. The summed E-state index contributed by atoms with van der Waals surface area (Å²) in [7, 11) is 1.33.